The van der Waals surface area contributed by atoms with Gasteiger partial charge in [-0.1, -0.05) is 24.3 Å². The molecule has 0 spiro atoms. The van der Waals surface area contributed by atoms with E-state index in [1.54, 1.807) is 20.3 Å². The van der Waals surface area contributed by atoms with Gasteiger partial charge in [-0.15, -0.1) is 0 Å². The van der Waals surface area contributed by atoms with Crippen molar-refractivity contribution in [2.75, 3.05) is 40.6 Å². The zero-order chi connectivity index (χ0) is 17.4. The van der Waals surface area contributed by atoms with Crippen LogP contribution in [0.1, 0.15) is 17.2 Å². The summed E-state index contributed by atoms with van der Waals surface area (Å²) in [5.41, 5.74) is 0.474. The van der Waals surface area contributed by atoms with Gasteiger partial charge in [0.2, 0.25) is 0 Å². The van der Waals surface area contributed by atoms with Crippen LogP contribution < -0.4 is 0 Å². The van der Waals surface area contributed by atoms with E-state index in [2.05, 4.69) is 12.1 Å². The van der Waals surface area contributed by atoms with Gasteiger partial charge in [0, 0.05) is 19.8 Å². The zero-order valence-electron chi connectivity index (χ0n) is 13.8. The van der Waals surface area contributed by atoms with Crippen LogP contribution in [0.2, 0.25) is 0 Å². The second kappa shape index (κ2) is 8.58. The summed E-state index contributed by atoms with van der Waals surface area (Å²) in [5.74, 6) is 0. The molecule has 0 saturated heterocycles. The minimum absolute atomic E-state index is 0.239. The van der Waals surface area contributed by atoms with Gasteiger partial charge in [-0.3, -0.25) is 0 Å². The van der Waals surface area contributed by atoms with E-state index in [0.29, 0.717) is 31.0 Å². The molecule has 24 heavy (non-hydrogen) atoms. The summed E-state index contributed by atoms with van der Waals surface area (Å²) in [6.45, 7) is 1.36. The third-order valence-corrected chi connectivity index (χ3v) is 3.77. The molecular weight excluding hydrogens is 308 g/mol. The number of rotatable bonds is 8. The fourth-order valence-electron chi connectivity index (χ4n) is 2.65. The SMILES string of the molecule is COCCOC1C(C#N)=CC(C#N)(OCCOC)c2ccccc21. The molecule has 1 aromatic rings. The fourth-order valence-corrected chi connectivity index (χ4v) is 2.65. The number of methoxy groups -OCH3 is 2. The predicted octanol–water partition coefficient (Wildman–Crippen LogP) is 2.24. The smallest absolute Gasteiger partial charge is 0.200 e. The summed E-state index contributed by atoms with van der Waals surface area (Å²) >= 11 is 0. The largest absolute Gasteiger partial charge is 0.382 e. The van der Waals surface area contributed by atoms with E-state index in [1.807, 2.05) is 24.3 Å². The Morgan fingerprint density at radius 2 is 1.75 bits per heavy atom. The van der Waals surface area contributed by atoms with Gasteiger partial charge in [-0.05, 0) is 11.6 Å². The van der Waals surface area contributed by atoms with Gasteiger partial charge in [0.1, 0.15) is 12.2 Å². The van der Waals surface area contributed by atoms with Crippen LogP contribution in [0.5, 0.6) is 0 Å². The highest BCUT2D eigenvalue weighted by atomic mass is 16.5. The first kappa shape index (κ1) is 18.1. The first-order chi connectivity index (χ1) is 11.7. The van der Waals surface area contributed by atoms with Crippen molar-refractivity contribution >= 4 is 0 Å². The highest BCUT2D eigenvalue weighted by Crippen LogP contribution is 2.42. The minimum atomic E-state index is -1.32. The Morgan fingerprint density at radius 3 is 2.42 bits per heavy atom. The van der Waals surface area contributed by atoms with Crippen LogP contribution in [0.4, 0.5) is 0 Å². The lowest BCUT2D eigenvalue weighted by Crippen LogP contribution is -2.34. The van der Waals surface area contributed by atoms with Crippen molar-refractivity contribution in [2.45, 2.75) is 11.7 Å². The molecule has 6 heteroatoms. The summed E-state index contributed by atoms with van der Waals surface area (Å²) < 4.78 is 21.6. The molecule has 0 bridgehead atoms. The quantitative estimate of drug-likeness (QED) is 0.680. The molecule has 0 aliphatic heterocycles. The topological polar surface area (TPSA) is 84.5 Å². The van der Waals surface area contributed by atoms with Crippen LogP contribution in [0.25, 0.3) is 0 Å². The second-order valence-corrected chi connectivity index (χ2v) is 5.23. The van der Waals surface area contributed by atoms with Gasteiger partial charge in [0.15, 0.2) is 5.60 Å². The first-order valence-corrected chi connectivity index (χ1v) is 7.59. The van der Waals surface area contributed by atoms with Crippen molar-refractivity contribution in [2.24, 2.45) is 0 Å². The Kier molecular flexibility index (Phi) is 6.48. The molecule has 2 unspecified atom stereocenters. The number of ether oxygens (including phenoxy) is 4. The molecule has 0 N–H and O–H groups in total. The molecule has 2 rings (SSSR count). The fraction of sp³-hybridized carbons (Fsp3) is 0.444. The maximum absolute atomic E-state index is 9.77. The lowest BCUT2D eigenvalue weighted by molar-refractivity contribution is -0.0121. The van der Waals surface area contributed by atoms with E-state index >= 15 is 0 Å². The molecule has 6 nitrogen and oxygen atoms in total. The predicted molar refractivity (Wildman–Crippen MR) is 85.8 cm³/mol. The molecule has 2 atom stereocenters. The number of fused-ring (bicyclic) bond motifs is 1. The molecule has 0 heterocycles. The molecule has 126 valence electrons. The van der Waals surface area contributed by atoms with Gasteiger partial charge >= 0.3 is 0 Å². The van der Waals surface area contributed by atoms with Gasteiger partial charge in [-0.25, -0.2) is 0 Å². The standard InChI is InChI=1S/C18H20N2O4/c1-21-7-9-23-17-14(12-19)11-18(13-20,24-10-8-22-2)16-6-4-3-5-15(16)17/h3-6,11,17H,7-10H2,1-2H3. The maximum atomic E-state index is 9.77. The summed E-state index contributed by atoms with van der Waals surface area (Å²) in [4.78, 5) is 0. The lowest BCUT2D eigenvalue weighted by Gasteiger charge is -2.34. The normalized spacial score (nSPS) is 22.2. The van der Waals surface area contributed by atoms with Gasteiger partial charge in [0.25, 0.3) is 0 Å². The van der Waals surface area contributed by atoms with Crippen LogP contribution in [-0.4, -0.2) is 40.6 Å². The lowest BCUT2D eigenvalue weighted by atomic mass is 9.80. The Hall–Kier alpha value is -2.22. The summed E-state index contributed by atoms with van der Waals surface area (Å²) in [7, 11) is 3.15. The van der Waals surface area contributed by atoms with Crippen molar-refractivity contribution < 1.29 is 18.9 Å². The first-order valence-electron chi connectivity index (χ1n) is 7.59. The number of nitriles is 2. The van der Waals surface area contributed by atoms with E-state index in [9.17, 15) is 10.5 Å². The van der Waals surface area contributed by atoms with Crippen LogP contribution in [-0.2, 0) is 24.5 Å². The zero-order valence-corrected chi connectivity index (χ0v) is 13.8. The third-order valence-electron chi connectivity index (χ3n) is 3.77. The second-order valence-electron chi connectivity index (χ2n) is 5.23. The summed E-state index contributed by atoms with van der Waals surface area (Å²) in [6, 6.07) is 11.7. The van der Waals surface area contributed by atoms with Crippen LogP contribution >= 0.6 is 0 Å². The van der Waals surface area contributed by atoms with E-state index < -0.39 is 11.7 Å². The Balaban J connectivity index is 2.43. The number of hydrogen-bond donors (Lipinski definition) is 0. The molecule has 0 saturated carbocycles. The Morgan fingerprint density at radius 1 is 1.04 bits per heavy atom. The van der Waals surface area contributed by atoms with Crippen LogP contribution in [0, 0.1) is 22.7 Å². The Bertz CT molecular complexity index is 674. The Labute approximate surface area is 141 Å². The average Bonchev–Trinajstić information content (AvgIpc) is 2.63. The molecule has 0 aromatic heterocycles. The molecule has 1 aromatic carbocycles. The van der Waals surface area contributed by atoms with Gasteiger partial charge < -0.3 is 18.9 Å². The third kappa shape index (κ3) is 3.64. The summed E-state index contributed by atoms with van der Waals surface area (Å²) in [6.07, 6.45) is 1.01. The van der Waals surface area contributed by atoms with Crippen molar-refractivity contribution in [3.63, 3.8) is 0 Å². The van der Waals surface area contributed by atoms with Crippen molar-refractivity contribution in [3.8, 4) is 12.1 Å². The average molecular weight is 328 g/mol. The molecule has 0 fully saturated rings. The van der Waals surface area contributed by atoms with Gasteiger partial charge in [0.05, 0.1) is 38.1 Å². The maximum Gasteiger partial charge on any atom is 0.200 e. The number of hydrogen-bond acceptors (Lipinski definition) is 6. The molecule has 0 radical (unpaired) electrons. The molecule has 1 aliphatic carbocycles. The molecule has 0 amide bonds. The number of benzene rings is 1. The van der Waals surface area contributed by atoms with Crippen LogP contribution in [0.15, 0.2) is 35.9 Å². The van der Waals surface area contributed by atoms with Crippen molar-refractivity contribution in [1.29, 1.82) is 10.5 Å². The van der Waals surface area contributed by atoms with E-state index in [4.69, 9.17) is 18.9 Å². The minimum Gasteiger partial charge on any atom is -0.382 e. The van der Waals surface area contributed by atoms with E-state index in [0.717, 1.165) is 5.56 Å². The van der Waals surface area contributed by atoms with Gasteiger partial charge in [-0.2, -0.15) is 10.5 Å². The summed E-state index contributed by atoms with van der Waals surface area (Å²) in [5, 5.41) is 19.3. The van der Waals surface area contributed by atoms with Crippen molar-refractivity contribution in [3.05, 3.63) is 47.0 Å². The number of nitrogens with zero attached hydrogens (tertiary/aromatic N) is 2. The monoisotopic (exact) mass is 328 g/mol. The highest BCUT2D eigenvalue weighted by Gasteiger charge is 2.41. The van der Waals surface area contributed by atoms with E-state index in [-0.39, 0.29) is 6.61 Å². The highest BCUT2D eigenvalue weighted by molar-refractivity contribution is 5.53. The van der Waals surface area contributed by atoms with E-state index in [1.165, 1.54) is 0 Å². The molecular formula is C18H20N2O4. The molecule has 1 aliphatic rings. The van der Waals surface area contributed by atoms with Crippen LogP contribution in [0.3, 0.4) is 0 Å². The van der Waals surface area contributed by atoms with Crippen molar-refractivity contribution in [1.82, 2.24) is 0 Å².